The maximum absolute atomic E-state index is 13.0. The molecule has 29 heavy (non-hydrogen) atoms. The molecule has 2 amide bonds. The van der Waals surface area contributed by atoms with Crippen molar-refractivity contribution in [1.29, 1.82) is 0 Å². The number of amides is 2. The number of nitrogens with zero attached hydrogens (tertiary/aromatic N) is 3. The molecule has 1 aliphatic rings. The molecular formula is C24H26N4O. The van der Waals surface area contributed by atoms with Crippen molar-refractivity contribution in [1.82, 2.24) is 4.98 Å². The molecule has 0 atom stereocenters. The third kappa shape index (κ3) is 4.24. The lowest BCUT2D eigenvalue weighted by molar-refractivity contribution is 0.256. The fourth-order valence-electron chi connectivity index (χ4n) is 3.81. The van der Waals surface area contributed by atoms with E-state index < -0.39 is 0 Å². The molecule has 1 aliphatic heterocycles. The van der Waals surface area contributed by atoms with Crippen molar-refractivity contribution in [2.24, 2.45) is 0 Å². The number of aryl methyl sites for hydroxylation is 3. The second-order valence-electron chi connectivity index (χ2n) is 7.71. The van der Waals surface area contributed by atoms with Gasteiger partial charge in [-0.25, -0.2) is 9.78 Å². The number of carbonyl (C=O) groups excluding carboxylic acids is 1. The molecule has 2 heterocycles. The van der Waals surface area contributed by atoms with Crippen LogP contribution in [0.15, 0.2) is 60.8 Å². The molecule has 0 radical (unpaired) electrons. The summed E-state index contributed by atoms with van der Waals surface area (Å²) in [6.45, 7) is 8.28. The van der Waals surface area contributed by atoms with Gasteiger partial charge in [-0.2, -0.15) is 0 Å². The highest BCUT2D eigenvalue weighted by atomic mass is 16.2. The Balaban J connectivity index is 1.56. The first-order valence-corrected chi connectivity index (χ1v) is 9.92. The van der Waals surface area contributed by atoms with E-state index >= 15 is 0 Å². The summed E-state index contributed by atoms with van der Waals surface area (Å²) in [6.07, 6.45) is 1.78. The van der Waals surface area contributed by atoms with Gasteiger partial charge in [-0.3, -0.25) is 4.90 Å². The van der Waals surface area contributed by atoms with Crippen molar-refractivity contribution in [3.8, 4) is 0 Å². The Morgan fingerprint density at radius 3 is 2.41 bits per heavy atom. The second kappa shape index (κ2) is 7.95. The van der Waals surface area contributed by atoms with Gasteiger partial charge in [0.05, 0.1) is 5.69 Å². The van der Waals surface area contributed by atoms with Crippen LogP contribution in [-0.4, -0.2) is 24.1 Å². The average molecular weight is 386 g/mol. The Hall–Kier alpha value is -3.34. The first-order chi connectivity index (χ1) is 14.0. The van der Waals surface area contributed by atoms with Crippen LogP contribution in [0.1, 0.15) is 22.3 Å². The van der Waals surface area contributed by atoms with Crippen LogP contribution in [-0.2, 0) is 6.54 Å². The summed E-state index contributed by atoms with van der Waals surface area (Å²) in [5, 5.41) is 3.05. The number of carbonyl (C=O) groups is 1. The average Bonchev–Trinajstić information content (AvgIpc) is 2.69. The summed E-state index contributed by atoms with van der Waals surface area (Å²) in [4.78, 5) is 21.6. The topological polar surface area (TPSA) is 48.5 Å². The number of nitrogens with one attached hydrogen (secondary N) is 1. The molecule has 5 heteroatoms. The van der Waals surface area contributed by atoms with Gasteiger partial charge in [-0.15, -0.1) is 0 Å². The number of rotatable bonds is 3. The molecule has 0 fully saturated rings. The van der Waals surface area contributed by atoms with Gasteiger partial charge in [0.1, 0.15) is 0 Å². The van der Waals surface area contributed by atoms with Gasteiger partial charge in [0, 0.05) is 31.5 Å². The number of anilines is 3. The van der Waals surface area contributed by atoms with Gasteiger partial charge >= 0.3 is 6.03 Å². The number of fused-ring (bicyclic) bond motifs is 1. The molecule has 4 rings (SSSR count). The number of aromatic nitrogens is 1. The fraction of sp³-hybridized carbons (Fsp3) is 0.250. The van der Waals surface area contributed by atoms with Crippen molar-refractivity contribution in [2.75, 3.05) is 28.2 Å². The third-order valence-electron chi connectivity index (χ3n) is 5.16. The zero-order valence-electron chi connectivity index (χ0n) is 17.1. The van der Waals surface area contributed by atoms with Crippen LogP contribution in [0.2, 0.25) is 0 Å². The molecule has 0 aliphatic carbocycles. The first-order valence-electron chi connectivity index (χ1n) is 9.92. The van der Waals surface area contributed by atoms with E-state index in [9.17, 15) is 4.79 Å². The minimum Gasteiger partial charge on any atom is -0.349 e. The SMILES string of the molecule is Cc1ccc(CN2CCN(C(=O)Nc3cc(C)cc(C)c3)c3cccnc32)cc1. The van der Waals surface area contributed by atoms with Crippen molar-refractivity contribution < 1.29 is 4.79 Å². The lowest BCUT2D eigenvalue weighted by Gasteiger charge is -2.36. The highest BCUT2D eigenvalue weighted by molar-refractivity contribution is 6.04. The molecule has 0 saturated heterocycles. The van der Waals surface area contributed by atoms with Crippen LogP contribution in [0, 0.1) is 20.8 Å². The van der Waals surface area contributed by atoms with Crippen LogP contribution in [0.3, 0.4) is 0 Å². The van der Waals surface area contributed by atoms with E-state index in [0.717, 1.165) is 41.4 Å². The van der Waals surface area contributed by atoms with Gasteiger partial charge in [0.15, 0.2) is 5.82 Å². The molecular weight excluding hydrogens is 360 g/mol. The maximum Gasteiger partial charge on any atom is 0.326 e. The van der Waals surface area contributed by atoms with Crippen molar-refractivity contribution in [3.63, 3.8) is 0 Å². The molecule has 0 spiro atoms. The molecule has 1 N–H and O–H groups in total. The maximum atomic E-state index is 13.0. The third-order valence-corrected chi connectivity index (χ3v) is 5.16. The highest BCUT2D eigenvalue weighted by Crippen LogP contribution is 2.32. The quantitative estimate of drug-likeness (QED) is 0.684. The zero-order chi connectivity index (χ0) is 20.4. The van der Waals surface area contributed by atoms with E-state index in [1.807, 2.05) is 38.1 Å². The van der Waals surface area contributed by atoms with Gasteiger partial charge in [-0.1, -0.05) is 35.9 Å². The molecule has 0 unspecified atom stereocenters. The van der Waals surface area contributed by atoms with E-state index in [1.54, 1.807) is 11.1 Å². The number of hydrogen-bond donors (Lipinski definition) is 1. The zero-order valence-corrected chi connectivity index (χ0v) is 17.1. The molecule has 1 aromatic heterocycles. The smallest absolute Gasteiger partial charge is 0.326 e. The van der Waals surface area contributed by atoms with Crippen LogP contribution in [0.25, 0.3) is 0 Å². The first kappa shape index (κ1) is 19.0. The fourth-order valence-corrected chi connectivity index (χ4v) is 3.81. The minimum atomic E-state index is -0.126. The highest BCUT2D eigenvalue weighted by Gasteiger charge is 2.28. The Morgan fingerprint density at radius 1 is 0.966 bits per heavy atom. The second-order valence-corrected chi connectivity index (χ2v) is 7.71. The normalized spacial score (nSPS) is 13.2. The lowest BCUT2D eigenvalue weighted by Crippen LogP contribution is -2.46. The predicted molar refractivity (Wildman–Crippen MR) is 119 cm³/mol. The van der Waals surface area contributed by atoms with E-state index in [-0.39, 0.29) is 6.03 Å². The van der Waals surface area contributed by atoms with Crippen molar-refractivity contribution >= 4 is 23.2 Å². The predicted octanol–water partition coefficient (Wildman–Crippen LogP) is 5.07. The summed E-state index contributed by atoms with van der Waals surface area (Å²) in [5.41, 5.74) is 6.41. The molecule has 2 aromatic carbocycles. The molecule has 3 aromatic rings. The van der Waals surface area contributed by atoms with E-state index in [2.05, 4.69) is 52.5 Å². The summed E-state index contributed by atoms with van der Waals surface area (Å²) in [7, 11) is 0. The van der Waals surface area contributed by atoms with Crippen LogP contribution < -0.4 is 15.1 Å². The van der Waals surface area contributed by atoms with Gasteiger partial charge in [0.25, 0.3) is 0 Å². The van der Waals surface area contributed by atoms with Gasteiger partial charge < -0.3 is 10.2 Å². The van der Waals surface area contributed by atoms with Gasteiger partial charge in [0.2, 0.25) is 0 Å². The number of urea groups is 1. The van der Waals surface area contributed by atoms with Crippen molar-refractivity contribution in [2.45, 2.75) is 27.3 Å². The van der Waals surface area contributed by atoms with Crippen molar-refractivity contribution in [3.05, 3.63) is 83.0 Å². The molecule has 0 saturated carbocycles. The number of pyridine rings is 1. The molecule has 0 bridgehead atoms. The van der Waals surface area contributed by atoms with E-state index in [0.29, 0.717) is 6.54 Å². The summed E-state index contributed by atoms with van der Waals surface area (Å²) in [6, 6.07) is 18.3. The largest absolute Gasteiger partial charge is 0.349 e. The van der Waals surface area contributed by atoms with Gasteiger partial charge in [-0.05, 0) is 61.7 Å². The van der Waals surface area contributed by atoms with E-state index in [4.69, 9.17) is 0 Å². The molecule has 148 valence electrons. The van der Waals surface area contributed by atoms with Crippen LogP contribution in [0.5, 0.6) is 0 Å². The Labute approximate surface area is 172 Å². The standard InChI is InChI=1S/C24H26N4O/c1-17-6-8-20(9-7-17)16-27-11-12-28(22-5-4-10-25-23(22)27)24(29)26-21-14-18(2)13-19(3)15-21/h4-10,13-15H,11-12,16H2,1-3H3,(H,26,29). The Bertz CT molecular complexity index is 1010. The Morgan fingerprint density at radius 2 is 1.69 bits per heavy atom. The number of hydrogen-bond acceptors (Lipinski definition) is 3. The van der Waals surface area contributed by atoms with Crippen LogP contribution in [0.4, 0.5) is 22.0 Å². The minimum absolute atomic E-state index is 0.126. The van der Waals surface area contributed by atoms with E-state index in [1.165, 1.54) is 11.1 Å². The molecule has 5 nitrogen and oxygen atoms in total. The monoisotopic (exact) mass is 386 g/mol. The number of benzene rings is 2. The van der Waals surface area contributed by atoms with Crippen LogP contribution >= 0.6 is 0 Å². The summed E-state index contributed by atoms with van der Waals surface area (Å²) in [5.74, 6) is 0.842. The summed E-state index contributed by atoms with van der Waals surface area (Å²) < 4.78 is 0. The Kier molecular flexibility index (Phi) is 5.21. The lowest BCUT2D eigenvalue weighted by atomic mass is 10.1. The summed E-state index contributed by atoms with van der Waals surface area (Å²) >= 11 is 0.